The van der Waals surface area contributed by atoms with E-state index in [4.69, 9.17) is 4.42 Å². The van der Waals surface area contributed by atoms with Crippen molar-refractivity contribution in [1.29, 1.82) is 5.26 Å². The second kappa shape index (κ2) is 5.79. The van der Waals surface area contributed by atoms with Crippen LogP contribution in [0.4, 0.5) is 0 Å². The molecule has 20 heavy (non-hydrogen) atoms. The normalized spacial score (nSPS) is 11.2. The number of nitrogens with zero attached hydrogens (tertiary/aromatic N) is 1. The highest BCUT2D eigenvalue weighted by Gasteiger charge is 2.34. The fourth-order valence-corrected chi connectivity index (χ4v) is 2.34. The largest absolute Gasteiger partial charge is 0.464 e. The molecule has 2 aromatic rings. The topological polar surface area (TPSA) is 66.0 Å². The monoisotopic (exact) mass is 270 g/mol. The maximum Gasteiger partial charge on any atom is 0.240 e. The summed E-state index contributed by atoms with van der Waals surface area (Å²) >= 11 is 0. The number of amides is 1. The van der Waals surface area contributed by atoms with Gasteiger partial charge >= 0.3 is 0 Å². The molecule has 1 amide bonds. The quantitative estimate of drug-likeness (QED) is 0.905. The van der Waals surface area contributed by atoms with Crippen LogP contribution < -0.4 is 5.32 Å². The van der Waals surface area contributed by atoms with Crippen molar-refractivity contribution in [3.8, 4) is 6.07 Å². The van der Waals surface area contributed by atoms with Gasteiger partial charge in [0.25, 0.3) is 0 Å². The first-order valence-corrected chi connectivity index (χ1v) is 6.81. The first-order chi connectivity index (χ1) is 9.66. The van der Waals surface area contributed by atoms with E-state index in [0.717, 1.165) is 16.5 Å². The molecular weight excluding hydrogens is 252 g/mol. The average molecular weight is 270 g/mol. The molecule has 0 unspecified atom stereocenters. The maximum absolute atomic E-state index is 12.2. The minimum Gasteiger partial charge on any atom is -0.464 e. The maximum atomic E-state index is 12.2. The lowest BCUT2D eigenvalue weighted by Crippen LogP contribution is -2.39. The van der Waals surface area contributed by atoms with Crippen molar-refractivity contribution >= 4 is 16.9 Å². The molecule has 0 aliphatic rings. The van der Waals surface area contributed by atoms with Crippen molar-refractivity contribution in [3.05, 3.63) is 36.1 Å². The van der Waals surface area contributed by atoms with E-state index in [1.54, 1.807) is 6.26 Å². The fourth-order valence-electron chi connectivity index (χ4n) is 2.34. The van der Waals surface area contributed by atoms with Crippen LogP contribution in [-0.4, -0.2) is 5.91 Å². The van der Waals surface area contributed by atoms with Crippen molar-refractivity contribution in [2.45, 2.75) is 33.2 Å². The van der Waals surface area contributed by atoms with Crippen molar-refractivity contribution in [2.24, 2.45) is 5.41 Å². The van der Waals surface area contributed by atoms with Crippen LogP contribution in [0.5, 0.6) is 0 Å². The summed E-state index contributed by atoms with van der Waals surface area (Å²) in [6.45, 7) is 4.13. The number of carbonyl (C=O) groups is 1. The molecule has 0 atom stereocenters. The number of nitrogens with one attached hydrogen (secondary N) is 1. The SMILES string of the molecule is CCC(C#N)(CC)C(=O)NCc1cccc2occc12. The van der Waals surface area contributed by atoms with E-state index in [-0.39, 0.29) is 5.91 Å². The first-order valence-electron chi connectivity index (χ1n) is 6.81. The van der Waals surface area contributed by atoms with E-state index in [9.17, 15) is 10.1 Å². The number of carbonyl (C=O) groups excluding carboxylic acids is 1. The van der Waals surface area contributed by atoms with Crippen LogP contribution in [0.25, 0.3) is 11.0 Å². The van der Waals surface area contributed by atoms with Crippen molar-refractivity contribution in [1.82, 2.24) is 5.32 Å². The van der Waals surface area contributed by atoms with Gasteiger partial charge in [-0.2, -0.15) is 5.26 Å². The van der Waals surface area contributed by atoms with E-state index < -0.39 is 5.41 Å². The number of furan rings is 1. The van der Waals surface area contributed by atoms with Crippen LogP contribution in [0.1, 0.15) is 32.3 Å². The highest BCUT2D eigenvalue weighted by atomic mass is 16.3. The van der Waals surface area contributed by atoms with Crippen LogP contribution in [0.3, 0.4) is 0 Å². The van der Waals surface area contributed by atoms with Gasteiger partial charge in [-0.1, -0.05) is 26.0 Å². The molecule has 0 radical (unpaired) electrons. The molecule has 1 aromatic heterocycles. The third kappa shape index (κ3) is 2.39. The van der Waals surface area contributed by atoms with E-state index >= 15 is 0 Å². The second-order valence-electron chi connectivity index (χ2n) is 4.83. The van der Waals surface area contributed by atoms with Gasteiger partial charge in [0, 0.05) is 11.9 Å². The first kappa shape index (κ1) is 14.1. The summed E-state index contributed by atoms with van der Waals surface area (Å²) in [7, 11) is 0. The third-order valence-electron chi connectivity index (χ3n) is 3.88. The zero-order valence-corrected chi connectivity index (χ0v) is 11.8. The summed E-state index contributed by atoms with van der Waals surface area (Å²) in [4.78, 5) is 12.2. The molecule has 0 bridgehead atoms. The average Bonchev–Trinajstić information content (AvgIpc) is 2.96. The van der Waals surface area contributed by atoms with Gasteiger partial charge in [-0.3, -0.25) is 4.79 Å². The Kier molecular flexibility index (Phi) is 4.09. The summed E-state index contributed by atoms with van der Waals surface area (Å²) in [5.74, 6) is -0.203. The summed E-state index contributed by atoms with van der Waals surface area (Å²) in [5.41, 5.74) is 0.863. The van der Waals surface area contributed by atoms with E-state index in [1.165, 1.54) is 0 Å². The molecule has 4 nitrogen and oxygen atoms in total. The number of hydrogen-bond acceptors (Lipinski definition) is 3. The number of nitriles is 1. The predicted molar refractivity (Wildman–Crippen MR) is 76.7 cm³/mol. The van der Waals surface area contributed by atoms with Crippen LogP contribution >= 0.6 is 0 Å². The lowest BCUT2D eigenvalue weighted by atomic mass is 9.83. The summed E-state index contributed by atoms with van der Waals surface area (Å²) in [5, 5.41) is 13.1. The van der Waals surface area contributed by atoms with Gasteiger partial charge in [-0.15, -0.1) is 0 Å². The molecular formula is C16H18N2O2. The van der Waals surface area contributed by atoms with E-state index in [2.05, 4.69) is 11.4 Å². The summed E-state index contributed by atoms with van der Waals surface area (Å²) in [6.07, 6.45) is 2.66. The van der Waals surface area contributed by atoms with Crippen molar-refractivity contribution < 1.29 is 9.21 Å². The van der Waals surface area contributed by atoms with Gasteiger partial charge in [0.1, 0.15) is 11.0 Å². The Morgan fingerprint density at radius 2 is 2.10 bits per heavy atom. The van der Waals surface area contributed by atoms with Gasteiger partial charge < -0.3 is 9.73 Å². The van der Waals surface area contributed by atoms with Crippen LogP contribution in [0.2, 0.25) is 0 Å². The molecule has 0 spiro atoms. The molecule has 1 aromatic carbocycles. The number of hydrogen-bond donors (Lipinski definition) is 1. The Morgan fingerprint density at radius 1 is 1.35 bits per heavy atom. The van der Waals surface area contributed by atoms with Gasteiger partial charge in [-0.25, -0.2) is 0 Å². The number of benzene rings is 1. The van der Waals surface area contributed by atoms with Crippen molar-refractivity contribution in [3.63, 3.8) is 0 Å². The highest BCUT2D eigenvalue weighted by molar-refractivity contribution is 5.86. The molecule has 4 heteroatoms. The summed E-state index contributed by atoms with van der Waals surface area (Å²) < 4.78 is 5.33. The van der Waals surface area contributed by atoms with Crippen molar-refractivity contribution in [2.75, 3.05) is 0 Å². The molecule has 1 heterocycles. The predicted octanol–water partition coefficient (Wildman–Crippen LogP) is 3.38. The second-order valence-corrected chi connectivity index (χ2v) is 4.83. The molecule has 0 aliphatic heterocycles. The van der Waals surface area contributed by atoms with Crippen LogP contribution in [-0.2, 0) is 11.3 Å². The fraction of sp³-hybridized carbons (Fsp3) is 0.375. The minimum atomic E-state index is -0.926. The van der Waals surface area contributed by atoms with Gasteiger partial charge in [-0.05, 0) is 30.5 Å². The molecule has 0 fully saturated rings. The number of rotatable bonds is 5. The van der Waals surface area contributed by atoms with Gasteiger partial charge in [0.2, 0.25) is 5.91 Å². The van der Waals surface area contributed by atoms with Crippen LogP contribution in [0, 0.1) is 16.7 Å². The standard InChI is InChI=1S/C16H18N2O2/c1-3-16(4-2,11-17)15(19)18-10-12-6-5-7-14-13(12)8-9-20-14/h5-9H,3-4,10H2,1-2H3,(H,18,19). The number of fused-ring (bicyclic) bond motifs is 1. The lowest BCUT2D eigenvalue weighted by Gasteiger charge is -2.22. The molecule has 104 valence electrons. The Labute approximate surface area is 118 Å². The third-order valence-corrected chi connectivity index (χ3v) is 3.88. The Balaban J connectivity index is 2.15. The molecule has 0 saturated heterocycles. The van der Waals surface area contributed by atoms with Crippen LogP contribution in [0.15, 0.2) is 34.9 Å². The minimum absolute atomic E-state index is 0.203. The lowest BCUT2D eigenvalue weighted by molar-refractivity contribution is -0.128. The Morgan fingerprint density at radius 3 is 2.75 bits per heavy atom. The molecule has 0 saturated carbocycles. The Hall–Kier alpha value is -2.28. The zero-order valence-electron chi connectivity index (χ0n) is 11.8. The van der Waals surface area contributed by atoms with E-state index in [1.807, 2.05) is 38.1 Å². The zero-order chi connectivity index (χ0) is 14.6. The summed E-state index contributed by atoms with van der Waals surface area (Å²) in [6, 6.07) is 9.76. The smallest absolute Gasteiger partial charge is 0.240 e. The van der Waals surface area contributed by atoms with Gasteiger partial charge in [0.05, 0.1) is 12.3 Å². The highest BCUT2D eigenvalue weighted by Crippen LogP contribution is 2.26. The molecule has 0 aliphatic carbocycles. The Bertz CT molecular complexity index is 648. The van der Waals surface area contributed by atoms with E-state index in [0.29, 0.717) is 19.4 Å². The van der Waals surface area contributed by atoms with Gasteiger partial charge in [0.15, 0.2) is 0 Å². The molecule has 1 N–H and O–H groups in total. The molecule has 2 rings (SSSR count).